The Morgan fingerprint density at radius 2 is 1.59 bits per heavy atom. The predicted octanol–water partition coefficient (Wildman–Crippen LogP) is 6.89. The van der Waals surface area contributed by atoms with Crippen molar-refractivity contribution in [1.29, 1.82) is 0 Å². The van der Waals surface area contributed by atoms with Crippen LogP contribution in [0.1, 0.15) is 78.6 Å². The van der Waals surface area contributed by atoms with Crippen LogP contribution >= 0.6 is 0 Å². The van der Waals surface area contributed by atoms with E-state index in [9.17, 15) is 0 Å². The minimum Gasteiger partial charge on any atom is -0.415 e. The zero-order valence-electron chi connectivity index (χ0n) is 20.1. The number of fused-ring (bicyclic) bond motifs is 5. The Balaban J connectivity index is 1.51. The van der Waals surface area contributed by atoms with Gasteiger partial charge in [-0.05, 0) is 119 Å². The van der Waals surface area contributed by atoms with Crippen LogP contribution in [-0.2, 0) is 9.26 Å². The summed E-state index contributed by atoms with van der Waals surface area (Å²) in [5.74, 6) is 4.27. The Morgan fingerprint density at radius 1 is 0.897 bits per heavy atom. The van der Waals surface area contributed by atoms with Crippen LogP contribution in [0.3, 0.4) is 0 Å². The summed E-state index contributed by atoms with van der Waals surface area (Å²) in [5, 5.41) is 4.37. The maximum absolute atomic E-state index is 6.57. The minimum absolute atomic E-state index is 0.439. The van der Waals surface area contributed by atoms with Crippen LogP contribution in [0.25, 0.3) is 0 Å². The first-order valence-electron chi connectivity index (χ1n) is 12.3. The standard InChI is InChI=1S/C25H45NO2Si/c1-17(26-27-4)21-10-11-22-20-9-8-18-16-19(28-29(5,6)7)12-14-24(18,2)23(20)13-15-25(21,22)3/h18-23H,8-16H2,1-7H3/b26-17-/t18-,19-,20+,21-,22+,23+,24+,25-/m1/s1. The van der Waals surface area contributed by atoms with E-state index < -0.39 is 8.32 Å². The molecule has 0 spiro atoms. The summed E-state index contributed by atoms with van der Waals surface area (Å²) in [4.78, 5) is 5.16. The molecule has 8 atom stereocenters. The second-order valence-corrected chi connectivity index (χ2v) is 16.8. The molecule has 3 nitrogen and oxygen atoms in total. The number of hydrogen-bond acceptors (Lipinski definition) is 3. The van der Waals surface area contributed by atoms with Gasteiger partial charge < -0.3 is 9.26 Å². The van der Waals surface area contributed by atoms with Gasteiger partial charge >= 0.3 is 0 Å². The van der Waals surface area contributed by atoms with Crippen molar-refractivity contribution >= 4 is 14.0 Å². The fourth-order valence-electron chi connectivity index (χ4n) is 8.72. The smallest absolute Gasteiger partial charge is 0.184 e. The first-order chi connectivity index (χ1) is 13.6. The summed E-state index contributed by atoms with van der Waals surface area (Å²) in [6.45, 7) is 14.5. The van der Waals surface area contributed by atoms with Crippen molar-refractivity contribution in [1.82, 2.24) is 0 Å². The first-order valence-corrected chi connectivity index (χ1v) is 15.7. The lowest BCUT2D eigenvalue weighted by molar-refractivity contribution is -0.121. The molecule has 4 aliphatic rings. The molecule has 4 saturated carbocycles. The van der Waals surface area contributed by atoms with E-state index >= 15 is 0 Å². The van der Waals surface area contributed by atoms with Crippen LogP contribution in [0, 0.1) is 40.4 Å². The molecule has 0 N–H and O–H groups in total. The average Bonchev–Trinajstić information content (AvgIpc) is 2.98. The van der Waals surface area contributed by atoms with Gasteiger partial charge in [-0.2, -0.15) is 0 Å². The topological polar surface area (TPSA) is 30.8 Å². The highest BCUT2D eigenvalue weighted by Gasteiger charge is 2.60. The molecule has 0 aliphatic heterocycles. The highest BCUT2D eigenvalue weighted by Crippen LogP contribution is 2.67. The molecule has 0 heterocycles. The van der Waals surface area contributed by atoms with Gasteiger partial charge in [0.05, 0.1) is 5.71 Å². The van der Waals surface area contributed by atoms with E-state index in [0.717, 1.165) is 23.7 Å². The summed E-state index contributed by atoms with van der Waals surface area (Å²) in [7, 11) is 0.259. The van der Waals surface area contributed by atoms with Crippen molar-refractivity contribution in [2.24, 2.45) is 45.6 Å². The summed E-state index contributed by atoms with van der Waals surface area (Å²) in [5.41, 5.74) is 2.23. The molecule has 4 heteroatoms. The normalized spacial score (nSPS) is 47.9. The summed E-state index contributed by atoms with van der Waals surface area (Å²) in [6.07, 6.45) is 13.0. The largest absolute Gasteiger partial charge is 0.415 e. The van der Waals surface area contributed by atoms with Gasteiger partial charge in [-0.3, -0.25) is 0 Å². The summed E-state index contributed by atoms with van der Waals surface area (Å²) in [6, 6.07) is 0. The van der Waals surface area contributed by atoms with Gasteiger partial charge in [0.1, 0.15) is 7.11 Å². The lowest BCUT2D eigenvalue weighted by Gasteiger charge is -2.61. The SMILES string of the molecule is CO/N=C(/C)[C@H]1CC[C@H]2[C@@H]3CC[C@@H]4C[C@H](O[Si](C)(C)C)CC[C@]4(C)[C@H]3CC[C@]12C. The maximum atomic E-state index is 6.57. The highest BCUT2D eigenvalue weighted by molar-refractivity contribution is 6.69. The average molecular weight is 420 g/mol. The van der Waals surface area contributed by atoms with Gasteiger partial charge in [0.15, 0.2) is 8.32 Å². The van der Waals surface area contributed by atoms with Crippen molar-refractivity contribution in [3.63, 3.8) is 0 Å². The second kappa shape index (κ2) is 7.65. The van der Waals surface area contributed by atoms with Crippen molar-refractivity contribution in [3.8, 4) is 0 Å². The van der Waals surface area contributed by atoms with Crippen LogP contribution < -0.4 is 0 Å². The van der Waals surface area contributed by atoms with Crippen LogP contribution in [0.5, 0.6) is 0 Å². The van der Waals surface area contributed by atoms with Gasteiger partial charge in [-0.1, -0.05) is 19.0 Å². The van der Waals surface area contributed by atoms with Crippen LogP contribution in [-0.4, -0.2) is 27.2 Å². The van der Waals surface area contributed by atoms with Crippen LogP contribution in [0.4, 0.5) is 0 Å². The van der Waals surface area contributed by atoms with Crippen molar-refractivity contribution in [2.75, 3.05) is 7.11 Å². The van der Waals surface area contributed by atoms with Crippen molar-refractivity contribution in [3.05, 3.63) is 0 Å². The molecule has 0 bridgehead atoms. The van der Waals surface area contributed by atoms with E-state index in [1.807, 2.05) is 0 Å². The molecule has 0 aromatic rings. The lowest BCUT2D eigenvalue weighted by atomic mass is 9.44. The quantitative estimate of drug-likeness (QED) is 0.282. The molecular weight excluding hydrogens is 374 g/mol. The first kappa shape index (κ1) is 21.9. The summed E-state index contributed by atoms with van der Waals surface area (Å²) < 4.78 is 6.57. The molecule has 29 heavy (non-hydrogen) atoms. The third-order valence-electron chi connectivity index (χ3n) is 9.88. The van der Waals surface area contributed by atoms with E-state index in [4.69, 9.17) is 9.26 Å². The molecule has 0 amide bonds. The lowest BCUT2D eigenvalue weighted by Crippen LogP contribution is -2.54. The highest BCUT2D eigenvalue weighted by atomic mass is 28.4. The molecule has 0 radical (unpaired) electrons. The van der Waals surface area contributed by atoms with Crippen LogP contribution in [0.15, 0.2) is 5.16 Å². The van der Waals surface area contributed by atoms with Crippen molar-refractivity contribution in [2.45, 2.75) is 104 Å². The van der Waals surface area contributed by atoms with Gasteiger partial charge in [-0.15, -0.1) is 0 Å². The van der Waals surface area contributed by atoms with Gasteiger partial charge in [0, 0.05) is 12.0 Å². The van der Waals surface area contributed by atoms with E-state index in [0.29, 0.717) is 22.9 Å². The molecule has 0 saturated heterocycles. The van der Waals surface area contributed by atoms with E-state index in [1.165, 1.54) is 63.5 Å². The summed E-state index contributed by atoms with van der Waals surface area (Å²) >= 11 is 0. The predicted molar refractivity (Wildman–Crippen MR) is 124 cm³/mol. The fraction of sp³-hybridized carbons (Fsp3) is 0.960. The Bertz CT molecular complexity index is 643. The number of hydrogen-bond donors (Lipinski definition) is 0. The zero-order chi connectivity index (χ0) is 21.0. The molecule has 166 valence electrons. The number of nitrogens with zero attached hydrogens (tertiary/aromatic N) is 1. The molecule has 0 aromatic carbocycles. The molecule has 0 aromatic heterocycles. The number of oxime groups is 1. The van der Waals surface area contributed by atoms with E-state index in [-0.39, 0.29) is 0 Å². The Morgan fingerprint density at radius 3 is 2.28 bits per heavy atom. The molecular formula is C25H45NO2Si. The third-order valence-corrected chi connectivity index (χ3v) is 10.9. The molecule has 4 aliphatic carbocycles. The molecule has 0 unspecified atom stereocenters. The zero-order valence-corrected chi connectivity index (χ0v) is 21.1. The Kier molecular flexibility index (Phi) is 5.77. The van der Waals surface area contributed by atoms with Crippen molar-refractivity contribution < 1.29 is 9.26 Å². The van der Waals surface area contributed by atoms with E-state index in [2.05, 4.69) is 45.6 Å². The fourth-order valence-corrected chi connectivity index (χ4v) is 9.93. The monoisotopic (exact) mass is 419 g/mol. The maximum Gasteiger partial charge on any atom is 0.184 e. The molecule has 4 fully saturated rings. The van der Waals surface area contributed by atoms with Gasteiger partial charge in [0.2, 0.25) is 0 Å². The van der Waals surface area contributed by atoms with Gasteiger partial charge in [-0.25, -0.2) is 0 Å². The third kappa shape index (κ3) is 3.75. The Hall–Kier alpha value is -0.353. The van der Waals surface area contributed by atoms with Gasteiger partial charge in [0.25, 0.3) is 0 Å². The Labute approximate surface area is 180 Å². The van der Waals surface area contributed by atoms with Crippen LogP contribution in [0.2, 0.25) is 19.6 Å². The van der Waals surface area contributed by atoms with E-state index in [1.54, 1.807) is 7.11 Å². The number of rotatable bonds is 4. The molecule has 4 rings (SSSR count). The minimum atomic E-state index is -1.43. The second-order valence-electron chi connectivity index (χ2n) is 12.4.